The third-order valence-corrected chi connectivity index (χ3v) is 6.33. The summed E-state index contributed by atoms with van der Waals surface area (Å²) in [6, 6.07) is 14.8. The second-order valence-electron chi connectivity index (χ2n) is 7.35. The summed E-state index contributed by atoms with van der Waals surface area (Å²) in [6.45, 7) is 2.04. The zero-order chi connectivity index (χ0) is 19.3. The van der Waals surface area contributed by atoms with Crippen LogP contribution in [-0.2, 0) is 16.0 Å². The highest BCUT2D eigenvalue weighted by Gasteiger charge is 2.34. The topological polar surface area (TPSA) is 46.2 Å². The highest BCUT2D eigenvalue weighted by atomic mass is 35.5. The van der Waals surface area contributed by atoms with E-state index in [4.69, 9.17) is 11.6 Å². The number of carbonyl (C=O) groups is 2. The first kappa shape index (κ1) is 20.0. The van der Waals surface area contributed by atoms with Gasteiger partial charge in [-0.1, -0.05) is 62.1 Å². The molecule has 27 heavy (non-hydrogen) atoms. The van der Waals surface area contributed by atoms with Gasteiger partial charge in [-0.05, 0) is 54.4 Å². The quantitative estimate of drug-likeness (QED) is 0.614. The maximum atomic E-state index is 12.8. The van der Waals surface area contributed by atoms with Crippen LogP contribution >= 0.6 is 23.4 Å². The predicted molar refractivity (Wildman–Crippen MR) is 112 cm³/mol. The van der Waals surface area contributed by atoms with Gasteiger partial charge in [0.25, 0.3) is 0 Å². The number of halogens is 1. The number of amides is 1. The number of rotatable bonds is 5. The lowest BCUT2D eigenvalue weighted by molar-refractivity contribution is -0.126. The Morgan fingerprint density at radius 3 is 2.41 bits per heavy atom. The molecule has 0 spiro atoms. The van der Waals surface area contributed by atoms with Crippen molar-refractivity contribution >= 4 is 40.1 Å². The Hall–Kier alpha value is -1.78. The summed E-state index contributed by atoms with van der Waals surface area (Å²) in [7, 11) is 0. The Morgan fingerprint density at radius 1 is 1.04 bits per heavy atom. The van der Waals surface area contributed by atoms with Crippen molar-refractivity contribution in [2.24, 2.45) is 5.41 Å². The predicted octanol–water partition coefficient (Wildman–Crippen LogP) is 6.11. The molecule has 3 rings (SSSR count). The SMILES string of the molecule is CC1(C(=O)Nc2ccccc2SC(=O)Cc2ccc(Cl)cc2)CCCCC1. The molecule has 0 aromatic heterocycles. The van der Waals surface area contributed by atoms with Crippen LogP contribution in [0.5, 0.6) is 0 Å². The van der Waals surface area contributed by atoms with Crippen LogP contribution < -0.4 is 5.32 Å². The summed E-state index contributed by atoms with van der Waals surface area (Å²) in [4.78, 5) is 26.1. The summed E-state index contributed by atoms with van der Waals surface area (Å²) in [5.74, 6) is 0.0559. The number of benzene rings is 2. The molecule has 1 saturated carbocycles. The molecular weight excluding hydrogens is 378 g/mol. The van der Waals surface area contributed by atoms with Gasteiger partial charge in [0, 0.05) is 21.8 Å². The number of nitrogens with one attached hydrogen (secondary N) is 1. The molecular formula is C22H24ClNO2S. The van der Waals surface area contributed by atoms with E-state index in [1.54, 1.807) is 12.1 Å². The van der Waals surface area contributed by atoms with Gasteiger partial charge in [0.15, 0.2) is 5.12 Å². The number of hydrogen-bond donors (Lipinski definition) is 1. The van der Waals surface area contributed by atoms with Gasteiger partial charge in [-0.2, -0.15) is 0 Å². The molecule has 3 nitrogen and oxygen atoms in total. The Morgan fingerprint density at radius 2 is 1.70 bits per heavy atom. The molecule has 1 aliphatic carbocycles. The van der Waals surface area contributed by atoms with Gasteiger partial charge in [0.2, 0.25) is 5.91 Å². The van der Waals surface area contributed by atoms with Gasteiger partial charge in [-0.3, -0.25) is 9.59 Å². The summed E-state index contributed by atoms with van der Waals surface area (Å²) >= 11 is 7.06. The van der Waals surface area contributed by atoms with E-state index < -0.39 is 0 Å². The highest BCUT2D eigenvalue weighted by Crippen LogP contribution is 2.38. The Bertz CT molecular complexity index is 813. The van der Waals surface area contributed by atoms with Gasteiger partial charge in [0.1, 0.15) is 0 Å². The number of thioether (sulfide) groups is 1. The van der Waals surface area contributed by atoms with E-state index in [1.165, 1.54) is 18.2 Å². The molecule has 0 heterocycles. The molecule has 142 valence electrons. The van der Waals surface area contributed by atoms with Crippen molar-refractivity contribution in [3.05, 3.63) is 59.1 Å². The molecule has 0 atom stereocenters. The first-order valence-electron chi connectivity index (χ1n) is 9.32. The maximum absolute atomic E-state index is 12.8. The molecule has 1 N–H and O–H groups in total. The smallest absolute Gasteiger partial charge is 0.230 e. The minimum atomic E-state index is -0.316. The van der Waals surface area contributed by atoms with Crippen molar-refractivity contribution < 1.29 is 9.59 Å². The largest absolute Gasteiger partial charge is 0.325 e. The Labute approximate surface area is 169 Å². The molecule has 2 aromatic carbocycles. The van der Waals surface area contributed by atoms with Crippen LogP contribution in [-0.4, -0.2) is 11.0 Å². The lowest BCUT2D eigenvalue weighted by Gasteiger charge is -2.32. The Balaban J connectivity index is 1.67. The minimum absolute atomic E-state index is 0.0305. The van der Waals surface area contributed by atoms with Crippen molar-refractivity contribution in [2.75, 3.05) is 5.32 Å². The standard InChI is InChI=1S/C22H24ClNO2S/c1-22(13-5-2-6-14-22)21(26)24-18-7-3-4-8-19(18)27-20(25)15-16-9-11-17(23)12-10-16/h3-4,7-12H,2,5-6,13-15H2,1H3,(H,24,26). The Kier molecular flexibility index (Phi) is 6.61. The third-order valence-electron chi connectivity index (χ3n) is 5.13. The van der Waals surface area contributed by atoms with Crippen LogP contribution in [0.1, 0.15) is 44.6 Å². The summed E-state index contributed by atoms with van der Waals surface area (Å²) in [5.41, 5.74) is 1.32. The number of carbonyl (C=O) groups excluding carboxylic acids is 2. The molecule has 0 aliphatic heterocycles. The average molecular weight is 402 g/mol. The van der Waals surface area contributed by atoms with Crippen LogP contribution in [0, 0.1) is 5.41 Å². The first-order chi connectivity index (χ1) is 13.0. The maximum Gasteiger partial charge on any atom is 0.230 e. The van der Waals surface area contributed by atoms with E-state index >= 15 is 0 Å². The van der Waals surface area contributed by atoms with E-state index in [9.17, 15) is 9.59 Å². The van der Waals surface area contributed by atoms with E-state index in [0.29, 0.717) is 17.1 Å². The molecule has 1 amide bonds. The second kappa shape index (κ2) is 8.94. The van der Waals surface area contributed by atoms with Crippen molar-refractivity contribution in [1.29, 1.82) is 0 Å². The van der Waals surface area contributed by atoms with E-state index in [1.807, 2.05) is 43.3 Å². The van der Waals surface area contributed by atoms with Crippen molar-refractivity contribution in [2.45, 2.75) is 50.3 Å². The molecule has 0 radical (unpaired) electrons. The second-order valence-corrected chi connectivity index (χ2v) is 8.88. The normalized spacial score (nSPS) is 15.9. The van der Waals surface area contributed by atoms with Gasteiger partial charge in [-0.15, -0.1) is 0 Å². The van der Waals surface area contributed by atoms with Gasteiger partial charge in [0.05, 0.1) is 5.69 Å². The van der Waals surface area contributed by atoms with Crippen LogP contribution in [0.15, 0.2) is 53.4 Å². The fraction of sp³-hybridized carbons (Fsp3) is 0.364. The van der Waals surface area contributed by atoms with Crippen molar-refractivity contribution in [1.82, 2.24) is 0 Å². The summed E-state index contributed by atoms with van der Waals surface area (Å²) in [6.07, 6.45) is 5.56. The lowest BCUT2D eigenvalue weighted by Crippen LogP contribution is -2.35. The van der Waals surface area contributed by atoms with Crippen LogP contribution in [0.2, 0.25) is 5.02 Å². The summed E-state index contributed by atoms with van der Waals surface area (Å²) in [5, 5.41) is 3.75. The van der Waals surface area contributed by atoms with Crippen molar-refractivity contribution in [3.8, 4) is 0 Å². The number of hydrogen-bond acceptors (Lipinski definition) is 3. The first-order valence-corrected chi connectivity index (χ1v) is 10.5. The van der Waals surface area contributed by atoms with Crippen LogP contribution in [0.3, 0.4) is 0 Å². The third kappa shape index (κ3) is 5.36. The fourth-order valence-electron chi connectivity index (χ4n) is 3.42. The molecule has 0 unspecified atom stereocenters. The van der Waals surface area contributed by atoms with Gasteiger partial charge < -0.3 is 5.32 Å². The van der Waals surface area contributed by atoms with Crippen molar-refractivity contribution in [3.63, 3.8) is 0 Å². The molecule has 2 aromatic rings. The number of para-hydroxylation sites is 1. The number of anilines is 1. The molecule has 0 saturated heterocycles. The van der Waals surface area contributed by atoms with Gasteiger partial charge >= 0.3 is 0 Å². The van der Waals surface area contributed by atoms with Gasteiger partial charge in [-0.25, -0.2) is 0 Å². The van der Waals surface area contributed by atoms with E-state index in [0.717, 1.165) is 36.1 Å². The zero-order valence-electron chi connectivity index (χ0n) is 15.5. The zero-order valence-corrected chi connectivity index (χ0v) is 17.0. The van der Waals surface area contributed by atoms with E-state index in [-0.39, 0.29) is 16.4 Å². The minimum Gasteiger partial charge on any atom is -0.325 e. The molecule has 1 aliphatic rings. The molecule has 1 fully saturated rings. The van der Waals surface area contributed by atoms with Crippen LogP contribution in [0.25, 0.3) is 0 Å². The van der Waals surface area contributed by atoms with Crippen LogP contribution in [0.4, 0.5) is 5.69 Å². The lowest BCUT2D eigenvalue weighted by atomic mass is 9.75. The average Bonchev–Trinajstić information content (AvgIpc) is 2.66. The fourth-order valence-corrected chi connectivity index (χ4v) is 4.40. The van der Waals surface area contributed by atoms with E-state index in [2.05, 4.69) is 5.32 Å². The monoisotopic (exact) mass is 401 g/mol. The molecule has 0 bridgehead atoms. The molecule has 5 heteroatoms. The highest BCUT2D eigenvalue weighted by molar-refractivity contribution is 8.13. The summed E-state index contributed by atoms with van der Waals surface area (Å²) < 4.78 is 0.